The van der Waals surface area contributed by atoms with Crippen LogP contribution in [0.3, 0.4) is 0 Å². The Balaban J connectivity index is 1.58. The van der Waals surface area contributed by atoms with Crippen LogP contribution < -0.4 is 0 Å². The van der Waals surface area contributed by atoms with Gasteiger partial charge in [0.2, 0.25) is 0 Å². The fourth-order valence-corrected chi connectivity index (χ4v) is 5.29. The number of rotatable bonds is 6. The van der Waals surface area contributed by atoms with Crippen molar-refractivity contribution < 1.29 is 0 Å². The minimum atomic E-state index is 1.20. The molecule has 0 fully saturated rings. The SMILES string of the molecule is C(=C(c1ccccc1)c1cccs1)c1cccc(C=C(c2ccccc2)c2cccs2)c1. The Bertz CT molecular complexity index is 1220. The summed E-state index contributed by atoms with van der Waals surface area (Å²) in [5, 5.41) is 4.27. The number of hydrogen-bond acceptors (Lipinski definition) is 2. The molecule has 0 aliphatic carbocycles. The molecule has 2 heteroatoms. The van der Waals surface area contributed by atoms with Crippen molar-refractivity contribution >= 4 is 46.0 Å². The lowest BCUT2D eigenvalue weighted by Crippen LogP contribution is -1.87. The maximum absolute atomic E-state index is 2.30. The third kappa shape index (κ3) is 4.72. The Morgan fingerprint density at radius 2 is 0.938 bits per heavy atom. The van der Waals surface area contributed by atoms with Crippen LogP contribution in [0.5, 0.6) is 0 Å². The highest BCUT2D eigenvalue weighted by molar-refractivity contribution is 7.11. The highest BCUT2D eigenvalue weighted by Crippen LogP contribution is 2.31. The molecule has 0 bridgehead atoms. The zero-order valence-electron chi connectivity index (χ0n) is 17.5. The van der Waals surface area contributed by atoms with Crippen LogP contribution in [-0.2, 0) is 0 Å². The van der Waals surface area contributed by atoms with Gasteiger partial charge in [-0.15, -0.1) is 22.7 Å². The molecule has 32 heavy (non-hydrogen) atoms. The fourth-order valence-electron chi connectivity index (χ4n) is 3.76. The topological polar surface area (TPSA) is 0 Å². The van der Waals surface area contributed by atoms with Crippen molar-refractivity contribution in [2.24, 2.45) is 0 Å². The Labute approximate surface area is 197 Å². The highest BCUT2D eigenvalue weighted by atomic mass is 32.1. The summed E-state index contributed by atoms with van der Waals surface area (Å²) in [5.41, 5.74) is 7.37. The molecule has 0 radical (unpaired) electrons. The second-order valence-electron chi connectivity index (χ2n) is 7.47. The molecular weight excluding hydrogens is 424 g/mol. The van der Waals surface area contributed by atoms with Gasteiger partial charge in [0.25, 0.3) is 0 Å². The quantitative estimate of drug-likeness (QED) is 0.228. The summed E-state index contributed by atoms with van der Waals surface area (Å²) in [6.07, 6.45) is 4.59. The molecule has 0 N–H and O–H groups in total. The molecule has 0 saturated carbocycles. The minimum Gasteiger partial charge on any atom is -0.144 e. The molecule has 0 unspecified atom stereocenters. The van der Waals surface area contributed by atoms with Crippen molar-refractivity contribution in [2.45, 2.75) is 0 Å². The first-order chi connectivity index (χ1) is 15.9. The van der Waals surface area contributed by atoms with E-state index >= 15 is 0 Å². The van der Waals surface area contributed by atoms with Crippen molar-refractivity contribution in [3.05, 3.63) is 152 Å². The van der Waals surface area contributed by atoms with Crippen molar-refractivity contribution in [1.82, 2.24) is 0 Å². The van der Waals surface area contributed by atoms with Crippen molar-refractivity contribution in [3.63, 3.8) is 0 Å². The normalized spacial score (nSPS) is 12.1. The molecule has 2 aromatic heterocycles. The Morgan fingerprint density at radius 3 is 1.34 bits per heavy atom. The molecule has 0 atom stereocenters. The molecule has 0 saturated heterocycles. The molecule has 154 valence electrons. The maximum atomic E-state index is 2.30. The van der Waals surface area contributed by atoms with Crippen LogP contribution >= 0.6 is 22.7 Å². The van der Waals surface area contributed by atoms with Crippen LogP contribution in [0.1, 0.15) is 32.0 Å². The molecule has 0 spiro atoms. The number of hydrogen-bond donors (Lipinski definition) is 0. The van der Waals surface area contributed by atoms with Gasteiger partial charge in [-0.25, -0.2) is 0 Å². The lowest BCUT2D eigenvalue weighted by Gasteiger charge is -2.08. The van der Waals surface area contributed by atoms with Crippen LogP contribution in [0.4, 0.5) is 0 Å². The van der Waals surface area contributed by atoms with Gasteiger partial charge in [-0.1, -0.05) is 91.0 Å². The van der Waals surface area contributed by atoms with Crippen LogP contribution in [0.25, 0.3) is 23.3 Å². The molecule has 0 nitrogen and oxygen atoms in total. The third-order valence-electron chi connectivity index (χ3n) is 5.28. The van der Waals surface area contributed by atoms with Crippen LogP contribution in [0, 0.1) is 0 Å². The zero-order valence-corrected chi connectivity index (χ0v) is 19.2. The average molecular weight is 447 g/mol. The van der Waals surface area contributed by atoms with Crippen LogP contribution in [0.2, 0.25) is 0 Å². The van der Waals surface area contributed by atoms with Crippen molar-refractivity contribution in [3.8, 4) is 0 Å². The smallest absolute Gasteiger partial charge is 0.0348 e. The van der Waals surface area contributed by atoms with Gasteiger partial charge < -0.3 is 0 Å². The molecule has 0 amide bonds. The van der Waals surface area contributed by atoms with E-state index in [-0.39, 0.29) is 0 Å². The van der Waals surface area contributed by atoms with Gasteiger partial charge in [-0.3, -0.25) is 0 Å². The largest absolute Gasteiger partial charge is 0.144 e. The van der Waals surface area contributed by atoms with Gasteiger partial charge in [0.1, 0.15) is 0 Å². The predicted octanol–water partition coefficient (Wildman–Crippen LogP) is 8.99. The Hall–Kier alpha value is -3.46. The fraction of sp³-hybridized carbons (Fsp3) is 0. The first-order valence-electron chi connectivity index (χ1n) is 10.6. The summed E-state index contributed by atoms with van der Waals surface area (Å²) >= 11 is 3.55. The summed E-state index contributed by atoms with van der Waals surface area (Å²) in [6.45, 7) is 0. The summed E-state index contributed by atoms with van der Waals surface area (Å²) in [6, 6.07) is 38.6. The highest BCUT2D eigenvalue weighted by Gasteiger charge is 2.08. The number of thiophene rings is 2. The van der Waals surface area contributed by atoms with Gasteiger partial charge in [-0.2, -0.15) is 0 Å². The van der Waals surface area contributed by atoms with E-state index in [9.17, 15) is 0 Å². The second-order valence-corrected chi connectivity index (χ2v) is 9.37. The molecule has 2 heterocycles. The summed E-state index contributed by atoms with van der Waals surface area (Å²) < 4.78 is 0. The molecule has 0 aliphatic heterocycles. The van der Waals surface area contributed by atoms with E-state index in [4.69, 9.17) is 0 Å². The van der Waals surface area contributed by atoms with E-state index in [1.54, 1.807) is 22.7 Å². The first-order valence-corrected chi connectivity index (χ1v) is 12.3. The molecule has 3 aromatic carbocycles. The van der Waals surface area contributed by atoms with Gasteiger partial charge in [0, 0.05) is 9.75 Å². The summed E-state index contributed by atoms with van der Waals surface area (Å²) in [4.78, 5) is 2.56. The molecular formula is C30H22S2. The standard InChI is InChI=1S/C30H22S2/c1-3-12-25(13-4-1)27(29-16-8-18-31-29)21-23-10-7-11-24(20-23)22-28(30-17-9-19-32-30)26-14-5-2-6-15-26/h1-22H. The predicted molar refractivity (Wildman–Crippen MR) is 142 cm³/mol. The molecule has 5 aromatic rings. The van der Waals surface area contributed by atoms with Gasteiger partial charge in [0.15, 0.2) is 0 Å². The van der Waals surface area contributed by atoms with E-state index in [1.165, 1.54) is 43.2 Å². The molecule has 0 aliphatic rings. The lowest BCUT2D eigenvalue weighted by atomic mass is 9.98. The number of benzene rings is 3. The van der Waals surface area contributed by atoms with Gasteiger partial charge in [0.05, 0.1) is 0 Å². The zero-order chi connectivity index (χ0) is 21.6. The lowest BCUT2D eigenvalue weighted by molar-refractivity contribution is 1.58. The van der Waals surface area contributed by atoms with Gasteiger partial charge in [-0.05, 0) is 74.5 Å². The third-order valence-corrected chi connectivity index (χ3v) is 7.08. The Morgan fingerprint density at radius 1 is 0.469 bits per heavy atom. The second kappa shape index (κ2) is 9.78. The van der Waals surface area contributed by atoms with E-state index in [2.05, 4.69) is 132 Å². The van der Waals surface area contributed by atoms with Crippen LogP contribution in [0.15, 0.2) is 120 Å². The van der Waals surface area contributed by atoms with Crippen molar-refractivity contribution in [1.29, 1.82) is 0 Å². The molecule has 5 rings (SSSR count). The maximum Gasteiger partial charge on any atom is 0.0348 e. The van der Waals surface area contributed by atoms with Gasteiger partial charge >= 0.3 is 0 Å². The monoisotopic (exact) mass is 446 g/mol. The first kappa shape index (κ1) is 20.4. The van der Waals surface area contributed by atoms with E-state index in [1.807, 2.05) is 0 Å². The van der Waals surface area contributed by atoms with E-state index in [0.717, 1.165) is 0 Å². The summed E-state index contributed by atoms with van der Waals surface area (Å²) in [7, 11) is 0. The average Bonchev–Trinajstić information content (AvgIpc) is 3.57. The van der Waals surface area contributed by atoms with E-state index in [0.29, 0.717) is 0 Å². The van der Waals surface area contributed by atoms with E-state index < -0.39 is 0 Å². The summed E-state index contributed by atoms with van der Waals surface area (Å²) in [5.74, 6) is 0. The van der Waals surface area contributed by atoms with Crippen LogP contribution in [-0.4, -0.2) is 0 Å². The minimum absolute atomic E-state index is 1.20. The van der Waals surface area contributed by atoms with Crippen molar-refractivity contribution in [2.75, 3.05) is 0 Å². The Kier molecular flexibility index (Phi) is 6.25.